The van der Waals surface area contributed by atoms with Gasteiger partial charge in [-0.2, -0.15) is 5.26 Å². The van der Waals surface area contributed by atoms with Gasteiger partial charge in [-0.1, -0.05) is 6.92 Å². The Labute approximate surface area is 101 Å². The molecular formula is C13H17FN2O. The smallest absolute Gasteiger partial charge is 0.143 e. The third kappa shape index (κ3) is 4.41. The normalized spacial score (nSPS) is 11.9. The molecule has 0 aliphatic carbocycles. The van der Waals surface area contributed by atoms with E-state index in [1.165, 1.54) is 12.1 Å². The molecule has 4 heteroatoms. The number of hydrogen-bond donors (Lipinski definition) is 2. The molecule has 92 valence electrons. The second-order valence-electron chi connectivity index (χ2n) is 4.16. The van der Waals surface area contributed by atoms with Gasteiger partial charge in [0.15, 0.2) is 0 Å². The SMILES string of the molecule is CC(CO)CCCNc1ccc(C#N)c(F)c1. The molecule has 0 saturated carbocycles. The summed E-state index contributed by atoms with van der Waals surface area (Å²) in [5.41, 5.74) is 0.739. The Hall–Kier alpha value is -1.60. The van der Waals surface area contributed by atoms with Gasteiger partial charge in [0.2, 0.25) is 0 Å². The molecule has 0 heterocycles. The molecule has 0 bridgehead atoms. The Morgan fingerprint density at radius 1 is 1.53 bits per heavy atom. The van der Waals surface area contributed by atoms with Gasteiger partial charge in [0.1, 0.15) is 11.9 Å². The second kappa shape index (κ2) is 6.87. The fourth-order valence-corrected chi connectivity index (χ4v) is 1.49. The Kier molecular flexibility index (Phi) is 5.44. The van der Waals surface area contributed by atoms with E-state index >= 15 is 0 Å². The van der Waals surface area contributed by atoms with Gasteiger partial charge in [-0.15, -0.1) is 0 Å². The van der Waals surface area contributed by atoms with Gasteiger partial charge in [-0.25, -0.2) is 4.39 Å². The zero-order chi connectivity index (χ0) is 12.7. The third-order valence-electron chi connectivity index (χ3n) is 2.60. The van der Waals surface area contributed by atoms with E-state index in [9.17, 15) is 4.39 Å². The minimum absolute atomic E-state index is 0.0597. The topological polar surface area (TPSA) is 56.0 Å². The van der Waals surface area contributed by atoms with Crippen LogP contribution < -0.4 is 5.32 Å². The number of rotatable bonds is 6. The quantitative estimate of drug-likeness (QED) is 0.746. The molecule has 1 atom stereocenters. The van der Waals surface area contributed by atoms with Gasteiger partial charge >= 0.3 is 0 Å². The largest absolute Gasteiger partial charge is 0.396 e. The molecule has 0 spiro atoms. The number of aliphatic hydroxyl groups is 1. The Morgan fingerprint density at radius 2 is 2.29 bits per heavy atom. The summed E-state index contributed by atoms with van der Waals surface area (Å²) in [7, 11) is 0. The van der Waals surface area contributed by atoms with Crippen LogP contribution in [0, 0.1) is 23.1 Å². The summed E-state index contributed by atoms with van der Waals surface area (Å²) in [5, 5.41) is 20.5. The minimum Gasteiger partial charge on any atom is -0.396 e. The summed E-state index contributed by atoms with van der Waals surface area (Å²) >= 11 is 0. The average molecular weight is 236 g/mol. The molecular weight excluding hydrogens is 219 g/mol. The van der Waals surface area contributed by atoms with Crippen molar-refractivity contribution in [1.29, 1.82) is 5.26 Å². The molecule has 1 unspecified atom stereocenters. The van der Waals surface area contributed by atoms with Gasteiger partial charge in [-0.3, -0.25) is 0 Å². The van der Waals surface area contributed by atoms with Crippen LogP contribution in [0.1, 0.15) is 25.3 Å². The maximum absolute atomic E-state index is 13.2. The summed E-state index contributed by atoms with van der Waals surface area (Å²) in [6.07, 6.45) is 1.85. The average Bonchev–Trinajstić information content (AvgIpc) is 2.34. The first kappa shape index (κ1) is 13.5. The first-order chi connectivity index (χ1) is 8.17. The van der Waals surface area contributed by atoms with Crippen LogP contribution >= 0.6 is 0 Å². The van der Waals surface area contributed by atoms with Crippen LogP contribution in [-0.4, -0.2) is 18.3 Å². The van der Waals surface area contributed by atoms with E-state index in [0.717, 1.165) is 19.4 Å². The van der Waals surface area contributed by atoms with Crippen LogP contribution in [-0.2, 0) is 0 Å². The molecule has 1 rings (SSSR count). The number of hydrogen-bond acceptors (Lipinski definition) is 3. The van der Waals surface area contributed by atoms with Crippen molar-refractivity contribution in [2.24, 2.45) is 5.92 Å². The zero-order valence-corrected chi connectivity index (χ0v) is 9.91. The van der Waals surface area contributed by atoms with E-state index in [0.29, 0.717) is 11.6 Å². The maximum Gasteiger partial charge on any atom is 0.143 e. The molecule has 1 aromatic carbocycles. The van der Waals surface area contributed by atoms with Crippen molar-refractivity contribution >= 4 is 5.69 Å². The molecule has 2 N–H and O–H groups in total. The van der Waals surface area contributed by atoms with Crippen LogP contribution in [0.25, 0.3) is 0 Å². The van der Waals surface area contributed by atoms with Crippen LogP contribution in [0.4, 0.5) is 10.1 Å². The van der Waals surface area contributed by atoms with E-state index < -0.39 is 5.82 Å². The molecule has 1 aromatic rings. The lowest BCUT2D eigenvalue weighted by Gasteiger charge is -2.09. The summed E-state index contributed by atoms with van der Waals surface area (Å²) in [4.78, 5) is 0. The predicted molar refractivity (Wildman–Crippen MR) is 65.1 cm³/mol. The standard InChI is InChI=1S/C13H17FN2O/c1-10(9-17)3-2-6-16-12-5-4-11(8-15)13(14)7-12/h4-5,7,10,16-17H,2-3,6,9H2,1H3. The highest BCUT2D eigenvalue weighted by Gasteiger charge is 2.03. The summed E-state index contributed by atoms with van der Waals surface area (Å²) in [5.74, 6) is -0.198. The highest BCUT2D eigenvalue weighted by atomic mass is 19.1. The summed E-state index contributed by atoms with van der Waals surface area (Å²) in [6, 6.07) is 6.27. The lowest BCUT2D eigenvalue weighted by Crippen LogP contribution is -2.06. The van der Waals surface area contributed by atoms with Crippen LogP contribution in [0.2, 0.25) is 0 Å². The Bertz CT molecular complexity index is 401. The monoisotopic (exact) mass is 236 g/mol. The lowest BCUT2D eigenvalue weighted by molar-refractivity contribution is 0.229. The van der Waals surface area contributed by atoms with E-state index in [4.69, 9.17) is 10.4 Å². The van der Waals surface area contributed by atoms with E-state index in [-0.39, 0.29) is 12.2 Å². The second-order valence-corrected chi connectivity index (χ2v) is 4.16. The summed E-state index contributed by atoms with van der Waals surface area (Å²) in [6.45, 7) is 2.92. The predicted octanol–water partition coefficient (Wildman–Crippen LogP) is 2.52. The Morgan fingerprint density at radius 3 is 2.88 bits per heavy atom. The van der Waals surface area contributed by atoms with Crippen molar-refractivity contribution in [3.63, 3.8) is 0 Å². The summed E-state index contributed by atoms with van der Waals surface area (Å²) < 4.78 is 13.2. The van der Waals surface area contributed by atoms with Crippen LogP contribution in [0.5, 0.6) is 0 Å². The lowest BCUT2D eigenvalue weighted by atomic mass is 10.1. The van der Waals surface area contributed by atoms with Crippen LogP contribution in [0.3, 0.4) is 0 Å². The third-order valence-corrected chi connectivity index (χ3v) is 2.60. The van der Waals surface area contributed by atoms with Gasteiger partial charge in [0.25, 0.3) is 0 Å². The van der Waals surface area contributed by atoms with Gasteiger partial charge in [0.05, 0.1) is 5.56 Å². The molecule has 17 heavy (non-hydrogen) atoms. The number of aliphatic hydroxyl groups excluding tert-OH is 1. The van der Waals surface area contributed by atoms with Crippen molar-refractivity contribution < 1.29 is 9.50 Å². The zero-order valence-electron chi connectivity index (χ0n) is 9.91. The van der Waals surface area contributed by atoms with Crippen molar-refractivity contribution in [3.8, 4) is 6.07 Å². The maximum atomic E-state index is 13.2. The van der Waals surface area contributed by atoms with Crippen molar-refractivity contribution in [1.82, 2.24) is 0 Å². The number of anilines is 1. The van der Waals surface area contributed by atoms with Crippen molar-refractivity contribution in [2.45, 2.75) is 19.8 Å². The molecule has 0 aliphatic rings. The molecule has 0 aromatic heterocycles. The van der Waals surface area contributed by atoms with Gasteiger partial charge < -0.3 is 10.4 Å². The molecule has 3 nitrogen and oxygen atoms in total. The van der Waals surface area contributed by atoms with Crippen molar-refractivity contribution in [3.05, 3.63) is 29.6 Å². The highest BCUT2D eigenvalue weighted by Crippen LogP contribution is 2.14. The fourth-order valence-electron chi connectivity index (χ4n) is 1.49. The fraction of sp³-hybridized carbons (Fsp3) is 0.462. The number of benzene rings is 1. The molecule has 0 amide bonds. The van der Waals surface area contributed by atoms with E-state index in [1.807, 2.05) is 6.92 Å². The highest BCUT2D eigenvalue weighted by molar-refractivity contribution is 5.47. The van der Waals surface area contributed by atoms with Crippen LogP contribution in [0.15, 0.2) is 18.2 Å². The molecule has 0 aliphatic heterocycles. The van der Waals surface area contributed by atoms with Gasteiger partial charge in [0, 0.05) is 18.8 Å². The van der Waals surface area contributed by atoms with E-state index in [1.54, 1.807) is 12.1 Å². The first-order valence-electron chi connectivity index (χ1n) is 5.71. The molecule has 0 radical (unpaired) electrons. The van der Waals surface area contributed by atoms with Gasteiger partial charge in [-0.05, 0) is 37.0 Å². The number of nitriles is 1. The number of halogens is 1. The first-order valence-corrected chi connectivity index (χ1v) is 5.71. The van der Waals surface area contributed by atoms with E-state index in [2.05, 4.69) is 5.32 Å². The number of nitrogens with one attached hydrogen (secondary N) is 1. The van der Waals surface area contributed by atoms with Crippen molar-refractivity contribution in [2.75, 3.05) is 18.5 Å². The Balaban J connectivity index is 2.38. The molecule has 0 fully saturated rings. The number of nitrogens with zero attached hydrogens (tertiary/aromatic N) is 1. The minimum atomic E-state index is -0.499. The molecule has 0 saturated heterocycles.